The van der Waals surface area contributed by atoms with Crippen LogP contribution >= 0.6 is 0 Å². The normalized spacial score (nSPS) is 10.0. The van der Waals surface area contributed by atoms with E-state index in [4.69, 9.17) is 5.11 Å². The molecule has 92 valence electrons. The summed E-state index contributed by atoms with van der Waals surface area (Å²) < 4.78 is 1.35. The Kier molecular flexibility index (Phi) is 3.33. The summed E-state index contributed by atoms with van der Waals surface area (Å²) in [5.74, 6) is -1.46. The molecule has 1 heterocycles. The molecule has 1 aromatic carbocycles. The zero-order chi connectivity index (χ0) is 13.0. The average Bonchev–Trinajstić information content (AvgIpc) is 2.82. The van der Waals surface area contributed by atoms with Gasteiger partial charge in [0, 0.05) is 0 Å². The zero-order valence-electron chi connectivity index (χ0n) is 9.28. The number of carboxylic acids is 1. The molecular weight excluding hydrogens is 236 g/mol. The van der Waals surface area contributed by atoms with Crippen molar-refractivity contribution < 1.29 is 14.7 Å². The summed E-state index contributed by atoms with van der Waals surface area (Å²) in [6, 6.07) is 6.20. The van der Waals surface area contributed by atoms with Crippen LogP contribution in [0.4, 0.5) is 5.69 Å². The molecule has 0 bridgehead atoms. The van der Waals surface area contributed by atoms with Crippen LogP contribution in [0.2, 0.25) is 0 Å². The average molecular weight is 246 g/mol. The lowest BCUT2D eigenvalue weighted by Crippen LogP contribution is -2.20. The van der Waals surface area contributed by atoms with Crippen molar-refractivity contribution in [1.82, 2.24) is 14.8 Å². The Morgan fingerprint density at radius 2 is 2.11 bits per heavy atom. The number of nitrogens with one attached hydrogen (secondary N) is 1. The van der Waals surface area contributed by atoms with E-state index >= 15 is 0 Å². The van der Waals surface area contributed by atoms with Crippen LogP contribution in [-0.2, 0) is 11.3 Å². The second-order valence-corrected chi connectivity index (χ2v) is 3.49. The number of amides is 1. The van der Waals surface area contributed by atoms with E-state index in [1.165, 1.54) is 29.5 Å². The molecule has 2 rings (SSSR count). The monoisotopic (exact) mass is 246 g/mol. The van der Waals surface area contributed by atoms with Crippen LogP contribution < -0.4 is 5.32 Å². The fraction of sp³-hybridized carbons (Fsp3) is 0.0909. The third kappa shape index (κ3) is 2.70. The topological polar surface area (TPSA) is 97.1 Å². The molecule has 1 amide bonds. The van der Waals surface area contributed by atoms with Crippen molar-refractivity contribution in [2.75, 3.05) is 5.32 Å². The first-order chi connectivity index (χ1) is 8.66. The van der Waals surface area contributed by atoms with Crippen molar-refractivity contribution in [1.29, 1.82) is 0 Å². The van der Waals surface area contributed by atoms with Gasteiger partial charge in [0.05, 0.1) is 11.3 Å². The van der Waals surface area contributed by atoms with E-state index in [2.05, 4.69) is 15.4 Å². The summed E-state index contributed by atoms with van der Waals surface area (Å²) in [5.41, 5.74) is 0.305. The third-order valence-electron chi connectivity index (χ3n) is 2.20. The highest BCUT2D eigenvalue weighted by atomic mass is 16.4. The number of nitrogens with zero attached hydrogens (tertiary/aromatic N) is 3. The van der Waals surface area contributed by atoms with Crippen LogP contribution in [0.25, 0.3) is 0 Å². The molecule has 0 atom stereocenters. The van der Waals surface area contributed by atoms with Gasteiger partial charge >= 0.3 is 5.97 Å². The first-order valence-electron chi connectivity index (χ1n) is 5.11. The number of benzene rings is 1. The lowest BCUT2D eigenvalue weighted by atomic mass is 10.2. The van der Waals surface area contributed by atoms with Crippen LogP contribution in [0.15, 0.2) is 36.9 Å². The summed E-state index contributed by atoms with van der Waals surface area (Å²) in [7, 11) is 0. The molecule has 0 unspecified atom stereocenters. The zero-order valence-corrected chi connectivity index (χ0v) is 9.28. The quantitative estimate of drug-likeness (QED) is 0.824. The highest BCUT2D eigenvalue weighted by Gasteiger charge is 2.11. The Morgan fingerprint density at radius 1 is 1.33 bits per heavy atom. The van der Waals surface area contributed by atoms with Gasteiger partial charge in [0.15, 0.2) is 0 Å². The summed E-state index contributed by atoms with van der Waals surface area (Å²) in [4.78, 5) is 26.3. The Labute approximate surface area is 102 Å². The van der Waals surface area contributed by atoms with Crippen molar-refractivity contribution in [3.8, 4) is 0 Å². The fourth-order valence-corrected chi connectivity index (χ4v) is 1.43. The molecule has 0 saturated carbocycles. The second kappa shape index (κ2) is 5.09. The number of carboxylic acid groups (broad SMARTS) is 1. The second-order valence-electron chi connectivity index (χ2n) is 3.49. The van der Waals surface area contributed by atoms with E-state index in [9.17, 15) is 9.59 Å². The minimum Gasteiger partial charge on any atom is -0.478 e. The van der Waals surface area contributed by atoms with Gasteiger partial charge in [-0.1, -0.05) is 12.1 Å². The molecule has 0 aliphatic carbocycles. The maximum Gasteiger partial charge on any atom is 0.337 e. The molecule has 18 heavy (non-hydrogen) atoms. The van der Waals surface area contributed by atoms with E-state index in [1.807, 2.05) is 0 Å². The van der Waals surface area contributed by atoms with Crippen LogP contribution in [0, 0.1) is 0 Å². The first kappa shape index (κ1) is 11.8. The predicted molar refractivity (Wildman–Crippen MR) is 62.1 cm³/mol. The van der Waals surface area contributed by atoms with Crippen LogP contribution in [0.3, 0.4) is 0 Å². The molecule has 2 N–H and O–H groups in total. The summed E-state index contributed by atoms with van der Waals surface area (Å²) in [6.07, 6.45) is 2.72. The van der Waals surface area contributed by atoms with Gasteiger partial charge in [0.2, 0.25) is 5.91 Å². The maximum absolute atomic E-state index is 11.7. The van der Waals surface area contributed by atoms with Gasteiger partial charge in [-0.15, -0.1) is 0 Å². The number of rotatable bonds is 4. The van der Waals surface area contributed by atoms with Gasteiger partial charge in [-0.05, 0) is 12.1 Å². The van der Waals surface area contributed by atoms with Crippen molar-refractivity contribution in [3.05, 3.63) is 42.5 Å². The van der Waals surface area contributed by atoms with Gasteiger partial charge < -0.3 is 10.4 Å². The number of aromatic nitrogens is 3. The Hall–Kier alpha value is -2.70. The minimum absolute atomic E-state index is 0.0199. The number of carbonyl (C=O) groups is 2. The molecule has 7 nitrogen and oxygen atoms in total. The van der Waals surface area contributed by atoms with Gasteiger partial charge in [-0.3, -0.25) is 4.79 Å². The van der Waals surface area contributed by atoms with Gasteiger partial charge in [-0.2, -0.15) is 5.10 Å². The van der Waals surface area contributed by atoms with Gasteiger partial charge in [0.25, 0.3) is 0 Å². The highest BCUT2D eigenvalue weighted by Crippen LogP contribution is 2.14. The third-order valence-corrected chi connectivity index (χ3v) is 2.20. The molecule has 0 fully saturated rings. The number of hydrogen-bond donors (Lipinski definition) is 2. The minimum atomic E-state index is -1.09. The lowest BCUT2D eigenvalue weighted by Gasteiger charge is -2.07. The largest absolute Gasteiger partial charge is 0.478 e. The number of carbonyl (C=O) groups excluding carboxylic acids is 1. The number of aromatic carboxylic acids is 1. The smallest absolute Gasteiger partial charge is 0.337 e. The summed E-state index contributed by atoms with van der Waals surface area (Å²) >= 11 is 0. The van der Waals surface area contributed by atoms with Gasteiger partial charge in [0.1, 0.15) is 19.2 Å². The lowest BCUT2D eigenvalue weighted by molar-refractivity contribution is -0.116. The molecule has 0 radical (unpaired) electrons. The van der Waals surface area contributed by atoms with Crippen LogP contribution in [0.1, 0.15) is 10.4 Å². The summed E-state index contributed by atoms with van der Waals surface area (Å²) in [6.45, 7) is -0.0199. The standard InChI is InChI=1S/C11H10N4O3/c16-10(5-15-7-12-6-13-15)14-9-4-2-1-3-8(9)11(17)18/h1-4,6-7H,5H2,(H,14,16)(H,17,18). The van der Waals surface area contributed by atoms with E-state index in [-0.39, 0.29) is 23.7 Å². The number of anilines is 1. The van der Waals surface area contributed by atoms with Crippen LogP contribution in [-0.4, -0.2) is 31.7 Å². The summed E-state index contributed by atoms with van der Waals surface area (Å²) in [5, 5.41) is 15.3. The van der Waals surface area contributed by atoms with E-state index in [0.29, 0.717) is 0 Å². The maximum atomic E-state index is 11.7. The number of para-hydroxylation sites is 1. The Morgan fingerprint density at radius 3 is 2.78 bits per heavy atom. The fourth-order valence-electron chi connectivity index (χ4n) is 1.43. The van der Waals surface area contributed by atoms with Crippen molar-refractivity contribution in [3.63, 3.8) is 0 Å². The molecule has 1 aromatic heterocycles. The first-order valence-corrected chi connectivity index (χ1v) is 5.11. The van der Waals surface area contributed by atoms with Crippen molar-refractivity contribution >= 4 is 17.6 Å². The molecule has 0 saturated heterocycles. The molecule has 2 aromatic rings. The van der Waals surface area contributed by atoms with E-state index in [0.717, 1.165) is 0 Å². The SMILES string of the molecule is O=C(Cn1cncn1)Nc1ccccc1C(=O)O. The highest BCUT2D eigenvalue weighted by molar-refractivity contribution is 6.00. The number of hydrogen-bond acceptors (Lipinski definition) is 4. The Bertz CT molecular complexity index is 565. The van der Waals surface area contributed by atoms with Crippen molar-refractivity contribution in [2.24, 2.45) is 0 Å². The van der Waals surface area contributed by atoms with Crippen molar-refractivity contribution in [2.45, 2.75) is 6.54 Å². The Balaban J connectivity index is 2.09. The van der Waals surface area contributed by atoms with E-state index in [1.54, 1.807) is 12.1 Å². The molecule has 7 heteroatoms. The molecule has 0 aliphatic heterocycles. The van der Waals surface area contributed by atoms with Gasteiger partial charge in [-0.25, -0.2) is 14.5 Å². The molecule has 0 aliphatic rings. The van der Waals surface area contributed by atoms with Crippen LogP contribution in [0.5, 0.6) is 0 Å². The predicted octanol–water partition coefficient (Wildman–Crippen LogP) is 0.615. The van der Waals surface area contributed by atoms with E-state index < -0.39 is 5.97 Å². The molecule has 0 spiro atoms. The molecular formula is C11H10N4O3.